The first kappa shape index (κ1) is 14.4. The number of likely N-dealkylation sites (tertiary alicyclic amines) is 1. The number of halogens is 2. The Morgan fingerprint density at radius 1 is 1.41 bits per heavy atom. The van der Waals surface area contributed by atoms with Gasteiger partial charge in [-0.3, -0.25) is 0 Å². The molecule has 1 aliphatic heterocycles. The molecule has 0 spiro atoms. The number of hydrogen-bond acceptors (Lipinski definition) is 2. The molecule has 2 N–H and O–H groups in total. The fourth-order valence-corrected chi connectivity index (χ4v) is 2.31. The third kappa shape index (κ3) is 3.95. The molecule has 0 saturated carbocycles. The summed E-state index contributed by atoms with van der Waals surface area (Å²) >= 11 is 0. The van der Waals surface area contributed by atoms with Crippen LogP contribution in [0.3, 0.4) is 0 Å². The van der Waals surface area contributed by atoms with Gasteiger partial charge in [-0.05, 0) is 36.6 Å². The molecule has 1 aromatic carbocycles. The number of nitrogens with two attached hydrogens (primary N) is 1. The van der Waals surface area contributed by atoms with E-state index in [4.69, 9.17) is 5.73 Å². The van der Waals surface area contributed by atoms with Crippen molar-refractivity contribution in [3.05, 3.63) is 35.6 Å². The third-order valence-corrected chi connectivity index (χ3v) is 3.28. The lowest BCUT2D eigenvalue weighted by atomic mass is 10.0. The van der Waals surface area contributed by atoms with Gasteiger partial charge in [-0.15, -0.1) is 12.4 Å². The van der Waals surface area contributed by atoms with E-state index in [2.05, 4.69) is 11.8 Å². The molecular formula is C13H20ClFN2. The fraction of sp³-hybridized carbons (Fsp3) is 0.538. The molecule has 2 unspecified atom stereocenters. The average molecular weight is 259 g/mol. The molecule has 0 bridgehead atoms. The van der Waals surface area contributed by atoms with E-state index in [0.717, 1.165) is 26.1 Å². The van der Waals surface area contributed by atoms with Gasteiger partial charge in [0.2, 0.25) is 0 Å². The van der Waals surface area contributed by atoms with Crippen molar-refractivity contribution in [2.45, 2.75) is 25.3 Å². The highest BCUT2D eigenvalue weighted by Gasteiger charge is 2.20. The van der Waals surface area contributed by atoms with Gasteiger partial charge in [0, 0.05) is 19.1 Å². The molecular weight excluding hydrogens is 239 g/mol. The number of hydrogen-bond donors (Lipinski definition) is 1. The second-order valence-corrected chi connectivity index (χ2v) is 4.76. The summed E-state index contributed by atoms with van der Waals surface area (Å²) in [7, 11) is 0. The molecule has 2 rings (SSSR count). The quantitative estimate of drug-likeness (QED) is 0.902. The van der Waals surface area contributed by atoms with Gasteiger partial charge < -0.3 is 10.6 Å². The minimum Gasteiger partial charge on any atom is -0.326 e. The number of rotatable bonds is 3. The lowest BCUT2D eigenvalue weighted by Crippen LogP contribution is -2.29. The number of nitrogens with zero attached hydrogens (tertiary/aromatic N) is 1. The minimum absolute atomic E-state index is 0. The van der Waals surface area contributed by atoms with Crippen LogP contribution in [0, 0.1) is 5.82 Å². The van der Waals surface area contributed by atoms with E-state index in [1.54, 1.807) is 0 Å². The van der Waals surface area contributed by atoms with Crippen LogP contribution >= 0.6 is 12.4 Å². The molecule has 2 atom stereocenters. The van der Waals surface area contributed by atoms with Gasteiger partial charge >= 0.3 is 0 Å². The third-order valence-electron chi connectivity index (χ3n) is 3.28. The van der Waals surface area contributed by atoms with Crippen molar-refractivity contribution in [3.8, 4) is 0 Å². The van der Waals surface area contributed by atoms with Gasteiger partial charge in [-0.1, -0.05) is 19.1 Å². The first-order chi connectivity index (χ1) is 7.65. The van der Waals surface area contributed by atoms with Gasteiger partial charge in [-0.25, -0.2) is 4.39 Å². The Kier molecular flexibility index (Phi) is 5.37. The highest BCUT2D eigenvalue weighted by molar-refractivity contribution is 5.85. The van der Waals surface area contributed by atoms with Gasteiger partial charge in [0.15, 0.2) is 0 Å². The van der Waals surface area contributed by atoms with E-state index in [9.17, 15) is 4.39 Å². The highest BCUT2D eigenvalue weighted by Crippen LogP contribution is 2.19. The summed E-state index contributed by atoms with van der Waals surface area (Å²) in [6.07, 6.45) is 1.09. The van der Waals surface area contributed by atoms with Crippen LogP contribution in [0.5, 0.6) is 0 Å². The van der Waals surface area contributed by atoms with E-state index in [0.29, 0.717) is 12.0 Å². The van der Waals surface area contributed by atoms with Crippen LogP contribution in [0.4, 0.5) is 4.39 Å². The lowest BCUT2D eigenvalue weighted by molar-refractivity contribution is 0.316. The van der Waals surface area contributed by atoms with Crippen LogP contribution in [0.2, 0.25) is 0 Å². The van der Waals surface area contributed by atoms with Crippen molar-refractivity contribution in [2.75, 3.05) is 19.6 Å². The van der Waals surface area contributed by atoms with Crippen molar-refractivity contribution < 1.29 is 4.39 Å². The SMILES string of the molecule is CC(CN1CCC(N)C1)c1ccc(F)cc1.Cl. The average Bonchev–Trinajstić information content (AvgIpc) is 2.65. The standard InChI is InChI=1S/C13H19FN2.ClH/c1-10(8-16-7-6-13(15)9-16)11-2-4-12(14)5-3-11;/h2-5,10,13H,6-9,15H2,1H3;1H. The molecule has 1 heterocycles. The lowest BCUT2D eigenvalue weighted by Gasteiger charge is -2.20. The van der Waals surface area contributed by atoms with Crippen LogP contribution < -0.4 is 5.73 Å². The predicted molar refractivity (Wildman–Crippen MR) is 71.1 cm³/mol. The zero-order chi connectivity index (χ0) is 11.5. The Hall–Kier alpha value is -0.640. The van der Waals surface area contributed by atoms with Crippen molar-refractivity contribution in [3.63, 3.8) is 0 Å². The highest BCUT2D eigenvalue weighted by atomic mass is 35.5. The molecule has 1 fully saturated rings. The molecule has 1 aromatic rings. The summed E-state index contributed by atoms with van der Waals surface area (Å²) in [5.74, 6) is 0.269. The molecule has 2 nitrogen and oxygen atoms in total. The first-order valence-corrected chi connectivity index (χ1v) is 5.88. The van der Waals surface area contributed by atoms with Crippen LogP contribution in [0.15, 0.2) is 24.3 Å². The number of benzene rings is 1. The summed E-state index contributed by atoms with van der Waals surface area (Å²) < 4.78 is 12.8. The van der Waals surface area contributed by atoms with E-state index < -0.39 is 0 Å². The molecule has 1 saturated heterocycles. The van der Waals surface area contributed by atoms with Crippen LogP contribution in [-0.4, -0.2) is 30.6 Å². The summed E-state index contributed by atoms with van der Waals surface area (Å²) in [6.45, 7) is 5.27. The van der Waals surface area contributed by atoms with Gasteiger partial charge in [0.25, 0.3) is 0 Å². The minimum atomic E-state index is -0.167. The Morgan fingerprint density at radius 3 is 2.59 bits per heavy atom. The Balaban J connectivity index is 0.00000144. The molecule has 96 valence electrons. The largest absolute Gasteiger partial charge is 0.326 e. The molecule has 0 aliphatic carbocycles. The summed E-state index contributed by atoms with van der Waals surface area (Å²) in [5, 5.41) is 0. The van der Waals surface area contributed by atoms with Crippen molar-refractivity contribution in [1.29, 1.82) is 0 Å². The monoisotopic (exact) mass is 258 g/mol. The Bertz CT molecular complexity index is 342. The van der Waals surface area contributed by atoms with E-state index >= 15 is 0 Å². The zero-order valence-electron chi connectivity index (χ0n) is 10.1. The van der Waals surface area contributed by atoms with Crippen LogP contribution in [0.1, 0.15) is 24.8 Å². The summed E-state index contributed by atoms with van der Waals surface area (Å²) in [4.78, 5) is 2.39. The van der Waals surface area contributed by atoms with E-state index in [1.807, 2.05) is 12.1 Å². The van der Waals surface area contributed by atoms with Crippen molar-refractivity contribution in [2.24, 2.45) is 5.73 Å². The van der Waals surface area contributed by atoms with E-state index in [-0.39, 0.29) is 18.2 Å². The van der Waals surface area contributed by atoms with E-state index in [1.165, 1.54) is 17.7 Å². The second-order valence-electron chi connectivity index (χ2n) is 4.76. The normalized spacial score (nSPS) is 22.2. The van der Waals surface area contributed by atoms with Gasteiger partial charge in [-0.2, -0.15) is 0 Å². The van der Waals surface area contributed by atoms with Crippen molar-refractivity contribution >= 4 is 12.4 Å². The topological polar surface area (TPSA) is 29.3 Å². The maximum atomic E-state index is 12.8. The zero-order valence-corrected chi connectivity index (χ0v) is 10.9. The Morgan fingerprint density at radius 2 is 2.06 bits per heavy atom. The first-order valence-electron chi connectivity index (χ1n) is 5.88. The summed E-state index contributed by atoms with van der Waals surface area (Å²) in [6, 6.07) is 7.13. The summed E-state index contributed by atoms with van der Waals surface area (Å²) in [5.41, 5.74) is 7.06. The Labute approximate surface area is 108 Å². The van der Waals surface area contributed by atoms with Gasteiger partial charge in [0.1, 0.15) is 5.82 Å². The second kappa shape index (κ2) is 6.34. The van der Waals surface area contributed by atoms with Crippen LogP contribution in [-0.2, 0) is 0 Å². The fourth-order valence-electron chi connectivity index (χ4n) is 2.31. The predicted octanol–water partition coefficient (Wildman–Crippen LogP) is 2.38. The molecule has 0 radical (unpaired) electrons. The maximum Gasteiger partial charge on any atom is 0.123 e. The molecule has 1 aliphatic rings. The van der Waals surface area contributed by atoms with Crippen molar-refractivity contribution in [1.82, 2.24) is 4.90 Å². The molecule has 4 heteroatoms. The van der Waals surface area contributed by atoms with Crippen LogP contribution in [0.25, 0.3) is 0 Å². The molecule has 0 amide bonds. The molecule has 0 aromatic heterocycles. The maximum absolute atomic E-state index is 12.8. The molecule has 17 heavy (non-hydrogen) atoms. The van der Waals surface area contributed by atoms with Gasteiger partial charge in [0.05, 0.1) is 0 Å². The smallest absolute Gasteiger partial charge is 0.123 e.